The number of amides is 1. The van der Waals surface area contributed by atoms with Crippen LogP contribution in [0.3, 0.4) is 0 Å². The number of carbonyl (C=O) groups is 1. The highest BCUT2D eigenvalue weighted by Gasteiger charge is 2.27. The second-order valence-corrected chi connectivity index (χ2v) is 5.79. The standard InChI is InChI=1S/C15H21N3O/c16-13-5-4-12(7-13)15(19)18-9-10-6-11-2-1-3-14(11)17-8-10/h6,8,12-13H,1-5,7,9,16H2,(H,18,19)/t12-,13+/m0/s1. The van der Waals surface area contributed by atoms with Crippen LogP contribution in [0.1, 0.15) is 42.5 Å². The fourth-order valence-electron chi connectivity index (χ4n) is 3.16. The second-order valence-electron chi connectivity index (χ2n) is 5.79. The number of hydrogen-bond donors (Lipinski definition) is 2. The number of nitrogens with two attached hydrogens (primary N) is 1. The highest BCUT2D eigenvalue weighted by Crippen LogP contribution is 2.24. The quantitative estimate of drug-likeness (QED) is 0.860. The first-order valence-corrected chi connectivity index (χ1v) is 7.22. The predicted octanol–water partition coefficient (Wildman–Crippen LogP) is 1.31. The molecule has 0 saturated heterocycles. The van der Waals surface area contributed by atoms with Gasteiger partial charge in [-0.25, -0.2) is 0 Å². The summed E-state index contributed by atoms with van der Waals surface area (Å²) in [5, 5.41) is 3.02. The molecule has 1 aromatic rings. The summed E-state index contributed by atoms with van der Waals surface area (Å²) in [5.74, 6) is 0.255. The van der Waals surface area contributed by atoms with E-state index in [1.807, 2.05) is 6.20 Å². The third kappa shape index (κ3) is 2.78. The Morgan fingerprint density at radius 1 is 1.42 bits per heavy atom. The topological polar surface area (TPSA) is 68.0 Å². The summed E-state index contributed by atoms with van der Waals surface area (Å²) in [6.07, 6.45) is 8.05. The molecule has 0 bridgehead atoms. The van der Waals surface area contributed by atoms with E-state index < -0.39 is 0 Å². The Kier molecular flexibility index (Phi) is 3.51. The zero-order chi connectivity index (χ0) is 13.2. The van der Waals surface area contributed by atoms with Gasteiger partial charge in [0.25, 0.3) is 0 Å². The minimum absolute atomic E-state index is 0.109. The van der Waals surface area contributed by atoms with Crippen LogP contribution in [0.4, 0.5) is 0 Å². The van der Waals surface area contributed by atoms with Crippen molar-refractivity contribution < 1.29 is 4.79 Å². The van der Waals surface area contributed by atoms with Gasteiger partial charge in [0.1, 0.15) is 0 Å². The van der Waals surface area contributed by atoms with E-state index in [1.165, 1.54) is 17.7 Å². The normalized spacial score (nSPS) is 25.3. The molecular formula is C15H21N3O. The molecule has 3 N–H and O–H groups in total. The van der Waals surface area contributed by atoms with Gasteiger partial charge in [0, 0.05) is 30.4 Å². The van der Waals surface area contributed by atoms with E-state index in [0.717, 1.165) is 37.7 Å². The fraction of sp³-hybridized carbons (Fsp3) is 0.600. The lowest BCUT2D eigenvalue weighted by Gasteiger charge is -2.11. The van der Waals surface area contributed by atoms with Crippen LogP contribution in [0.15, 0.2) is 12.3 Å². The molecule has 1 heterocycles. The van der Waals surface area contributed by atoms with Crippen molar-refractivity contribution in [3.63, 3.8) is 0 Å². The maximum Gasteiger partial charge on any atom is 0.223 e. The number of hydrogen-bond acceptors (Lipinski definition) is 3. The maximum atomic E-state index is 12.0. The first kappa shape index (κ1) is 12.6. The molecular weight excluding hydrogens is 238 g/mol. The molecule has 1 amide bonds. The van der Waals surface area contributed by atoms with Crippen LogP contribution in [0, 0.1) is 5.92 Å². The van der Waals surface area contributed by atoms with Crippen LogP contribution in [0.25, 0.3) is 0 Å². The third-order valence-electron chi connectivity index (χ3n) is 4.29. The van der Waals surface area contributed by atoms with Crippen molar-refractivity contribution in [3.05, 3.63) is 29.1 Å². The molecule has 2 atom stereocenters. The highest BCUT2D eigenvalue weighted by atomic mass is 16.1. The van der Waals surface area contributed by atoms with Crippen molar-refractivity contribution in [1.82, 2.24) is 10.3 Å². The van der Waals surface area contributed by atoms with Gasteiger partial charge < -0.3 is 11.1 Å². The van der Waals surface area contributed by atoms with E-state index in [9.17, 15) is 4.79 Å². The SMILES string of the molecule is N[C@@H]1CC[C@H](C(=O)NCc2cnc3c(c2)CCC3)C1. The van der Waals surface area contributed by atoms with Gasteiger partial charge in [0.15, 0.2) is 0 Å². The van der Waals surface area contributed by atoms with Crippen LogP contribution in [-0.2, 0) is 24.2 Å². The molecule has 0 unspecified atom stereocenters. The molecule has 0 aliphatic heterocycles. The Morgan fingerprint density at radius 2 is 2.32 bits per heavy atom. The number of fused-ring (bicyclic) bond motifs is 1. The minimum Gasteiger partial charge on any atom is -0.352 e. The predicted molar refractivity (Wildman–Crippen MR) is 73.4 cm³/mol. The van der Waals surface area contributed by atoms with Gasteiger partial charge in [-0.2, -0.15) is 0 Å². The van der Waals surface area contributed by atoms with Gasteiger partial charge in [0.2, 0.25) is 5.91 Å². The average molecular weight is 259 g/mol. The van der Waals surface area contributed by atoms with Crippen molar-refractivity contribution in [1.29, 1.82) is 0 Å². The van der Waals surface area contributed by atoms with Crippen LogP contribution < -0.4 is 11.1 Å². The average Bonchev–Trinajstić information content (AvgIpc) is 3.03. The number of aromatic nitrogens is 1. The van der Waals surface area contributed by atoms with Crippen LogP contribution in [0.2, 0.25) is 0 Å². The van der Waals surface area contributed by atoms with Crippen molar-refractivity contribution in [2.75, 3.05) is 0 Å². The van der Waals surface area contributed by atoms with Gasteiger partial charge in [-0.15, -0.1) is 0 Å². The van der Waals surface area contributed by atoms with E-state index in [0.29, 0.717) is 6.54 Å². The molecule has 4 heteroatoms. The minimum atomic E-state index is 0.109. The van der Waals surface area contributed by atoms with Gasteiger partial charge in [-0.1, -0.05) is 6.07 Å². The number of carbonyl (C=O) groups excluding carboxylic acids is 1. The summed E-state index contributed by atoms with van der Waals surface area (Å²) in [4.78, 5) is 16.5. The Balaban J connectivity index is 1.56. The second kappa shape index (κ2) is 5.29. The number of aryl methyl sites for hydroxylation is 2. The maximum absolute atomic E-state index is 12.0. The van der Waals surface area contributed by atoms with E-state index in [2.05, 4.69) is 16.4 Å². The van der Waals surface area contributed by atoms with Crippen molar-refractivity contribution in [2.45, 2.75) is 51.1 Å². The zero-order valence-corrected chi connectivity index (χ0v) is 11.2. The van der Waals surface area contributed by atoms with Gasteiger partial charge in [0.05, 0.1) is 0 Å². The number of nitrogens with zero attached hydrogens (tertiary/aromatic N) is 1. The molecule has 3 rings (SSSR count). The largest absolute Gasteiger partial charge is 0.352 e. The van der Waals surface area contributed by atoms with Gasteiger partial charge in [-0.3, -0.25) is 9.78 Å². The Morgan fingerprint density at radius 3 is 3.11 bits per heavy atom. The Bertz CT molecular complexity index is 486. The monoisotopic (exact) mass is 259 g/mol. The smallest absolute Gasteiger partial charge is 0.223 e. The summed E-state index contributed by atoms with van der Waals surface area (Å²) in [6, 6.07) is 2.40. The molecule has 0 spiro atoms. The molecule has 1 saturated carbocycles. The first-order chi connectivity index (χ1) is 9.22. The fourth-order valence-corrected chi connectivity index (χ4v) is 3.16. The highest BCUT2D eigenvalue weighted by molar-refractivity contribution is 5.79. The lowest BCUT2D eigenvalue weighted by atomic mass is 10.1. The molecule has 19 heavy (non-hydrogen) atoms. The number of rotatable bonds is 3. The summed E-state index contributed by atoms with van der Waals surface area (Å²) in [5.41, 5.74) is 9.54. The van der Waals surface area contributed by atoms with Gasteiger partial charge >= 0.3 is 0 Å². The lowest BCUT2D eigenvalue weighted by Crippen LogP contribution is -2.30. The van der Waals surface area contributed by atoms with Crippen molar-refractivity contribution >= 4 is 5.91 Å². The third-order valence-corrected chi connectivity index (χ3v) is 4.29. The van der Waals surface area contributed by atoms with Crippen LogP contribution in [0.5, 0.6) is 0 Å². The Labute approximate surface area is 113 Å². The Hall–Kier alpha value is -1.42. The molecule has 2 aliphatic rings. The van der Waals surface area contributed by atoms with E-state index in [-0.39, 0.29) is 17.9 Å². The molecule has 4 nitrogen and oxygen atoms in total. The lowest BCUT2D eigenvalue weighted by molar-refractivity contribution is -0.125. The van der Waals surface area contributed by atoms with Crippen molar-refractivity contribution in [2.24, 2.45) is 11.7 Å². The van der Waals surface area contributed by atoms with Gasteiger partial charge in [-0.05, 0) is 49.7 Å². The van der Waals surface area contributed by atoms with E-state index in [4.69, 9.17) is 5.73 Å². The first-order valence-electron chi connectivity index (χ1n) is 7.22. The molecule has 102 valence electrons. The van der Waals surface area contributed by atoms with E-state index in [1.54, 1.807) is 0 Å². The molecule has 0 aromatic carbocycles. The zero-order valence-electron chi connectivity index (χ0n) is 11.2. The summed E-state index contributed by atoms with van der Waals surface area (Å²) in [6.45, 7) is 0.588. The van der Waals surface area contributed by atoms with E-state index >= 15 is 0 Å². The number of nitrogens with one attached hydrogen (secondary N) is 1. The number of pyridine rings is 1. The summed E-state index contributed by atoms with van der Waals surface area (Å²) in [7, 11) is 0. The molecule has 1 aromatic heterocycles. The van der Waals surface area contributed by atoms with Crippen molar-refractivity contribution in [3.8, 4) is 0 Å². The summed E-state index contributed by atoms with van der Waals surface area (Å²) >= 11 is 0. The molecule has 2 aliphatic carbocycles. The summed E-state index contributed by atoms with van der Waals surface area (Å²) < 4.78 is 0. The molecule has 1 fully saturated rings. The van der Waals surface area contributed by atoms with Crippen LogP contribution >= 0.6 is 0 Å². The van der Waals surface area contributed by atoms with Crippen LogP contribution in [-0.4, -0.2) is 16.9 Å². The molecule has 0 radical (unpaired) electrons.